The first-order valence-corrected chi connectivity index (χ1v) is 6.74. The molecule has 78 valence electrons. The van der Waals surface area contributed by atoms with Gasteiger partial charge in [0.25, 0.3) is 0 Å². The van der Waals surface area contributed by atoms with E-state index in [0.29, 0.717) is 24.9 Å². The third-order valence-electron chi connectivity index (χ3n) is 1.36. The predicted molar refractivity (Wildman–Crippen MR) is 59.4 cm³/mol. The van der Waals surface area contributed by atoms with E-state index in [4.69, 9.17) is 25.8 Å². The minimum Gasteiger partial charge on any atom is -0.487 e. The van der Waals surface area contributed by atoms with Crippen LogP contribution in [0.4, 0.5) is 0 Å². The van der Waals surface area contributed by atoms with E-state index in [-0.39, 0.29) is 0 Å². The molecule has 13 heavy (non-hydrogen) atoms. The molecule has 0 radical (unpaired) electrons. The lowest BCUT2D eigenvalue weighted by atomic mass is 10.8. The Kier molecular flexibility index (Phi) is 8.64. The summed E-state index contributed by atoms with van der Waals surface area (Å²) in [5.41, 5.74) is 0. The normalized spacial score (nSPS) is 10.5. The Morgan fingerprint density at radius 3 is 2.15 bits per heavy atom. The zero-order valence-electron chi connectivity index (χ0n) is 8.54. The maximum absolute atomic E-state index is 5.46. The lowest BCUT2D eigenvalue weighted by Crippen LogP contribution is -2.24. The van der Waals surface area contributed by atoms with Crippen molar-refractivity contribution in [2.24, 2.45) is 0 Å². The maximum Gasteiger partial charge on any atom is 0.324 e. The van der Waals surface area contributed by atoms with E-state index in [9.17, 15) is 0 Å². The molecule has 0 saturated carbocycles. The smallest absolute Gasteiger partial charge is 0.324 e. The molecule has 0 rings (SSSR count). The minimum absolute atomic E-state index is 0.584. The quantitative estimate of drug-likeness (QED) is 0.483. The molecule has 0 spiro atoms. The van der Waals surface area contributed by atoms with Crippen LogP contribution in [0.2, 0.25) is 6.04 Å². The van der Waals surface area contributed by atoms with Gasteiger partial charge in [-0.1, -0.05) is 0 Å². The van der Waals surface area contributed by atoms with Crippen LogP contribution in [0.15, 0.2) is 0 Å². The van der Waals surface area contributed by atoms with Gasteiger partial charge in [-0.15, -0.1) is 0 Å². The molecule has 0 aliphatic carbocycles. The number of rotatable bonds is 7. The minimum atomic E-state index is -1.48. The summed E-state index contributed by atoms with van der Waals surface area (Å²) < 4.78 is 16.1. The molecular weight excluding hydrogens is 204 g/mol. The second-order valence-electron chi connectivity index (χ2n) is 2.47. The first-order chi connectivity index (χ1) is 6.20. The summed E-state index contributed by atoms with van der Waals surface area (Å²) in [4.78, 5) is 0. The topological polar surface area (TPSA) is 27.7 Å². The van der Waals surface area contributed by atoms with Gasteiger partial charge in [0.2, 0.25) is 0 Å². The van der Waals surface area contributed by atoms with Crippen molar-refractivity contribution in [3.63, 3.8) is 0 Å². The van der Waals surface area contributed by atoms with E-state index < -0.39 is 9.28 Å². The van der Waals surface area contributed by atoms with E-state index in [1.165, 1.54) is 0 Å². The molecule has 0 aromatic heterocycles. The molecule has 0 bridgehead atoms. The van der Waals surface area contributed by atoms with Crippen molar-refractivity contribution in [3.8, 4) is 0 Å². The molecule has 0 aliphatic heterocycles. The molecule has 5 heteroatoms. The fourth-order valence-electron chi connectivity index (χ4n) is 0.885. The molecule has 0 aromatic rings. The van der Waals surface area contributed by atoms with Gasteiger partial charge in [0.05, 0.1) is 6.61 Å². The van der Waals surface area contributed by atoms with Crippen molar-refractivity contribution in [2.45, 2.75) is 26.8 Å². The first kappa shape index (κ1) is 13.0. The third kappa shape index (κ3) is 8.36. The van der Waals surface area contributed by atoms with Crippen LogP contribution in [0, 0.1) is 0 Å². The van der Waals surface area contributed by atoms with E-state index in [1.54, 1.807) is 6.92 Å². The number of hydrogen-bond donors (Lipinski definition) is 0. The van der Waals surface area contributed by atoms with Gasteiger partial charge < -0.3 is 13.6 Å². The second-order valence-corrected chi connectivity index (χ2v) is 5.15. The summed E-state index contributed by atoms with van der Waals surface area (Å²) in [5, 5.41) is 0.584. The zero-order valence-corrected chi connectivity index (χ0v) is 10.5. The van der Waals surface area contributed by atoms with Gasteiger partial charge in [-0.25, -0.2) is 0 Å². The van der Waals surface area contributed by atoms with Crippen molar-refractivity contribution in [3.05, 3.63) is 0 Å². The van der Waals surface area contributed by atoms with Crippen molar-refractivity contribution in [1.82, 2.24) is 0 Å². The Morgan fingerprint density at radius 1 is 1.23 bits per heavy atom. The fourth-order valence-corrected chi connectivity index (χ4v) is 2.45. The Labute approximate surface area is 87.2 Å². The molecule has 0 N–H and O–H groups in total. The lowest BCUT2D eigenvalue weighted by Gasteiger charge is -2.14. The summed E-state index contributed by atoms with van der Waals surface area (Å²) in [6.07, 6.45) is 0. The molecule has 0 aliphatic rings. The van der Waals surface area contributed by atoms with Crippen LogP contribution in [-0.2, 0) is 13.6 Å². The number of ether oxygens (including phenoxy) is 1. The van der Waals surface area contributed by atoms with Gasteiger partial charge >= 0.3 is 9.28 Å². The van der Waals surface area contributed by atoms with Crippen LogP contribution < -0.4 is 0 Å². The Balaban J connectivity index is 3.49. The highest BCUT2D eigenvalue weighted by Crippen LogP contribution is 1.98. The van der Waals surface area contributed by atoms with Crippen LogP contribution in [0.1, 0.15) is 20.8 Å². The zero-order chi connectivity index (χ0) is 10.1. The van der Waals surface area contributed by atoms with Gasteiger partial charge in [0.15, 0.2) is 5.05 Å². The molecule has 0 atom stereocenters. The highest BCUT2D eigenvalue weighted by Gasteiger charge is 2.11. The van der Waals surface area contributed by atoms with Crippen LogP contribution in [0.25, 0.3) is 0 Å². The largest absolute Gasteiger partial charge is 0.487 e. The van der Waals surface area contributed by atoms with Gasteiger partial charge in [-0.3, -0.25) is 0 Å². The van der Waals surface area contributed by atoms with E-state index in [1.807, 2.05) is 13.8 Å². The third-order valence-corrected chi connectivity index (χ3v) is 3.60. The average Bonchev–Trinajstić information content (AvgIpc) is 2.04. The Hall–Kier alpha value is 0.0269. The van der Waals surface area contributed by atoms with E-state index in [0.717, 1.165) is 6.04 Å². The predicted octanol–water partition coefficient (Wildman–Crippen LogP) is 1.64. The van der Waals surface area contributed by atoms with Crippen molar-refractivity contribution in [1.29, 1.82) is 0 Å². The maximum atomic E-state index is 5.46. The van der Waals surface area contributed by atoms with E-state index in [2.05, 4.69) is 0 Å². The van der Waals surface area contributed by atoms with E-state index >= 15 is 0 Å². The summed E-state index contributed by atoms with van der Waals surface area (Å²) in [6.45, 7) is 7.77. The molecule has 0 unspecified atom stereocenters. The molecule has 0 fully saturated rings. The molecule has 3 nitrogen and oxygen atoms in total. The highest BCUT2D eigenvalue weighted by atomic mass is 32.1. The number of hydrogen-bond acceptors (Lipinski definition) is 4. The monoisotopic (exact) mass is 222 g/mol. The van der Waals surface area contributed by atoms with Gasteiger partial charge in [0.1, 0.15) is 0 Å². The van der Waals surface area contributed by atoms with Crippen molar-refractivity contribution in [2.75, 3.05) is 19.8 Å². The standard InChI is InChI=1S/C8H18O3SSi/c1-4-10-13(11-5-2)7-6-9-8(3)12/h13H,4-7H2,1-3H3. The molecule has 0 heterocycles. The fraction of sp³-hybridized carbons (Fsp3) is 0.875. The second kappa shape index (κ2) is 8.62. The number of thiocarbonyl (C=S) groups is 1. The van der Waals surface area contributed by atoms with Crippen LogP contribution >= 0.6 is 12.2 Å². The molecule has 0 aromatic carbocycles. The summed E-state index contributed by atoms with van der Waals surface area (Å²) in [5.74, 6) is 0. The first-order valence-electron chi connectivity index (χ1n) is 4.57. The lowest BCUT2D eigenvalue weighted by molar-refractivity contribution is 0.204. The van der Waals surface area contributed by atoms with Crippen LogP contribution in [-0.4, -0.2) is 34.2 Å². The van der Waals surface area contributed by atoms with Crippen LogP contribution in [0.5, 0.6) is 0 Å². The molecule has 0 saturated heterocycles. The van der Waals surface area contributed by atoms with Gasteiger partial charge in [-0.05, 0) is 26.1 Å². The Morgan fingerprint density at radius 2 is 1.77 bits per heavy atom. The van der Waals surface area contributed by atoms with Gasteiger partial charge in [0, 0.05) is 26.2 Å². The van der Waals surface area contributed by atoms with Crippen LogP contribution in [0.3, 0.4) is 0 Å². The Bertz CT molecular complexity index is 137. The summed E-state index contributed by atoms with van der Waals surface area (Å²) in [7, 11) is -1.48. The summed E-state index contributed by atoms with van der Waals surface area (Å²) in [6, 6.07) is 0.857. The SMILES string of the molecule is CCO[SiH](CCOC(C)=S)OCC. The molecular formula is C8H18O3SSi. The van der Waals surface area contributed by atoms with Crippen molar-refractivity contribution >= 4 is 26.6 Å². The average molecular weight is 222 g/mol. The van der Waals surface area contributed by atoms with Crippen molar-refractivity contribution < 1.29 is 13.6 Å². The summed E-state index contributed by atoms with van der Waals surface area (Å²) >= 11 is 4.79. The van der Waals surface area contributed by atoms with Gasteiger partial charge in [-0.2, -0.15) is 0 Å². The molecule has 0 amide bonds. The highest BCUT2D eigenvalue weighted by molar-refractivity contribution is 7.80.